The average molecular weight is 212 g/mol. The molecule has 1 aliphatic heterocycles. The molecule has 1 heterocycles. The lowest BCUT2D eigenvalue weighted by Crippen LogP contribution is -2.46. The number of nitrogens with one attached hydrogen (secondary N) is 1. The Kier molecular flexibility index (Phi) is 6.26. The summed E-state index contributed by atoms with van der Waals surface area (Å²) >= 11 is 0. The van der Waals surface area contributed by atoms with Crippen molar-refractivity contribution in [3.05, 3.63) is 0 Å². The van der Waals surface area contributed by atoms with Gasteiger partial charge in [0.1, 0.15) is 0 Å². The van der Waals surface area contributed by atoms with Crippen molar-refractivity contribution >= 4 is 0 Å². The van der Waals surface area contributed by atoms with E-state index in [9.17, 15) is 0 Å². The smallest absolute Gasteiger partial charge is 0.0243 e. The molecule has 0 aromatic carbocycles. The molecule has 0 aliphatic carbocycles. The first-order chi connectivity index (χ1) is 7.25. The van der Waals surface area contributed by atoms with E-state index in [4.69, 9.17) is 0 Å². The third-order valence-corrected chi connectivity index (χ3v) is 3.48. The molecule has 0 radical (unpaired) electrons. The van der Waals surface area contributed by atoms with Gasteiger partial charge in [-0.3, -0.25) is 4.90 Å². The van der Waals surface area contributed by atoms with Gasteiger partial charge in [0.15, 0.2) is 0 Å². The monoisotopic (exact) mass is 212 g/mol. The Morgan fingerprint density at radius 3 is 2.13 bits per heavy atom. The largest absolute Gasteiger partial charge is 0.315 e. The van der Waals surface area contributed by atoms with Crippen LogP contribution in [0.2, 0.25) is 0 Å². The summed E-state index contributed by atoms with van der Waals surface area (Å²) < 4.78 is 0. The molecule has 90 valence electrons. The molecule has 1 unspecified atom stereocenters. The zero-order valence-electron chi connectivity index (χ0n) is 10.8. The van der Waals surface area contributed by atoms with E-state index >= 15 is 0 Å². The highest BCUT2D eigenvalue weighted by molar-refractivity contribution is 4.78. The van der Waals surface area contributed by atoms with Crippen LogP contribution >= 0.6 is 0 Å². The lowest BCUT2D eigenvalue weighted by Gasteiger charge is -2.33. The first kappa shape index (κ1) is 13.0. The fourth-order valence-corrected chi connectivity index (χ4v) is 2.51. The van der Waals surface area contributed by atoms with Gasteiger partial charge in [0.2, 0.25) is 0 Å². The quantitative estimate of drug-likeness (QED) is 0.753. The zero-order chi connectivity index (χ0) is 11.1. The summed E-state index contributed by atoms with van der Waals surface area (Å²) in [5.74, 6) is 0.766. The minimum atomic E-state index is 0.739. The minimum absolute atomic E-state index is 0.739. The Morgan fingerprint density at radius 1 is 1.07 bits per heavy atom. The van der Waals surface area contributed by atoms with Gasteiger partial charge in [-0.05, 0) is 38.4 Å². The molecule has 0 amide bonds. The zero-order valence-corrected chi connectivity index (χ0v) is 10.8. The highest BCUT2D eigenvalue weighted by Crippen LogP contribution is 2.16. The van der Waals surface area contributed by atoms with Gasteiger partial charge in [0.05, 0.1) is 0 Å². The van der Waals surface area contributed by atoms with Gasteiger partial charge < -0.3 is 5.32 Å². The molecule has 1 atom stereocenters. The standard InChI is InChI=1S/C13H28N2/c1-4-14-11-13(12(2)3)15-9-7-5-6-8-10-15/h12-14H,4-11H2,1-3H3. The van der Waals surface area contributed by atoms with Crippen LogP contribution in [0.5, 0.6) is 0 Å². The number of likely N-dealkylation sites (tertiary alicyclic amines) is 1. The third-order valence-electron chi connectivity index (χ3n) is 3.48. The van der Waals surface area contributed by atoms with Crippen LogP contribution in [-0.4, -0.2) is 37.1 Å². The molecule has 1 fully saturated rings. The summed E-state index contributed by atoms with van der Waals surface area (Å²) in [6.07, 6.45) is 5.66. The summed E-state index contributed by atoms with van der Waals surface area (Å²) in [5.41, 5.74) is 0. The van der Waals surface area contributed by atoms with Gasteiger partial charge in [-0.25, -0.2) is 0 Å². The lowest BCUT2D eigenvalue weighted by molar-refractivity contribution is 0.157. The van der Waals surface area contributed by atoms with Crippen molar-refractivity contribution in [1.82, 2.24) is 10.2 Å². The Morgan fingerprint density at radius 2 is 1.67 bits per heavy atom. The van der Waals surface area contributed by atoms with Gasteiger partial charge in [-0.15, -0.1) is 0 Å². The summed E-state index contributed by atoms with van der Waals surface area (Å²) in [5, 5.41) is 3.51. The van der Waals surface area contributed by atoms with E-state index in [1.807, 2.05) is 0 Å². The first-order valence-corrected chi connectivity index (χ1v) is 6.70. The normalized spacial score (nSPS) is 21.6. The van der Waals surface area contributed by atoms with Crippen LogP contribution in [0.1, 0.15) is 46.5 Å². The lowest BCUT2D eigenvalue weighted by atomic mass is 10.0. The predicted octanol–water partition coefficient (Wildman–Crippen LogP) is 2.50. The molecule has 2 nitrogen and oxygen atoms in total. The molecule has 0 aromatic heterocycles. The number of hydrogen-bond acceptors (Lipinski definition) is 2. The molecule has 0 spiro atoms. The molecule has 1 saturated heterocycles. The number of nitrogens with zero attached hydrogens (tertiary/aromatic N) is 1. The van der Waals surface area contributed by atoms with Crippen molar-refractivity contribution in [3.63, 3.8) is 0 Å². The Labute approximate surface area is 95.4 Å². The predicted molar refractivity (Wildman–Crippen MR) is 67.2 cm³/mol. The molecule has 2 heteroatoms. The molecule has 0 aromatic rings. The summed E-state index contributed by atoms with van der Waals surface area (Å²) in [6.45, 7) is 11.8. The van der Waals surface area contributed by atoms with E-state index in [1.54, 1.807) is 0 Å². The summed E-state index contributed by atoms with van der Waals surface area (Å²) in [4.78, 5) is 2.71. The van der Waals surface area contributed by atoms with E-state index in [0.29, 0.717) is 0 Å². The van der Waals surface area contributed by atoms with Crippen LogP contribution < -0.4 is 5.32 Å². The topological polar surface area (TPSA) is 15.3 Å². The molecule has 1 rings (SSSR count). The fourth-order valence-electron chi connectivity index (χ4n) is 2.51. The maximum atomic E-state index is 3.51. The van der Waals surface area contributed by atoms with E-state index < -0.39 is 0 Å². The molecular weight excluding hydrogens is 184 g/mol. The second-order valence-electron chi connectivity index (χ2n) is 5.07. The third kappa shape index (κ3) is 4.52. The van der Waals surface area contributed by atoms with Crippen molar-refractivity contribution in [2.24, 2.45) is 5.92 Å². The maximum Gasteiger partial charge on any atom is 0.0243 e. The Bertz CT molecular complexity index is 149. The van der Waals surface area contributed by atoms with Crippen LogP contribution in [0, 0.1) is 5.92 Å². The molecule has 15 heavy (non-hydrogen) atoms. The van der Waals surface area contributed by atoms with E-state index in [0.717, 1.165) is 25.0 Å². The first-order valence-electron chi connectivity index (χ1n) is 6.70. The minimum Gasteiger partial charge on any atom is -0.315 e. The van der Waals surface area contributed by atoms with Crippen molar-refractivity contribution in [2.45, 2.75) is 52.5 Å². The Balaban J connectivity index is 2.44. The number of hydrogen-bond donors (Lipinski definition) is 1. The fraction of sp³-hybridized carbons (Fsp3) is 1.00. The molecule has 1 N–H and O–H groups in total. The van der Waals surface area contributed by atoms with Crippen molar-refractivity contribution in [1.29, 1.82) is 0 Å². The van der Waals surface area contributed by atoms with Gasteiger partial charge in [0, 0.05) is 12.6 Å². The second-order valence-corrected chi connectivity index (χ2v) is 5.07. The summed E-state index contributed by atoms with van der Waals surface area (Å²) in [6, 6.07) is 0.739. The van der Waals surface area contributed by atoms with Crippen LogP contribution in [-0.2, 0) is 0 Å². The number of rotatable bonds is 5. The molecule has 0 bridgehead atoms. The van der Waals surface area contributed by atoms with E-state index in [-0.39, 0.29) is 0 Å². The SMILES string of the molecule is CCNCC(C(C)C)N1CCCCCC1. The number of likely N-dealkylation sites (N-methyl/N-ethyl adjacent to an activating group) is 1. The van der Waals surface area contributed by atoms with Crippen molar-refractivity contribution < 1.29 is 0 Å². The Hall–Kier alpha value is -0.0800. The van der Waals surface area contributed by atoms with Gasteiger partial charge in [-0.2, -0.15) is 0 Å². The molecule has 1 aliphatic rings. The van der Waals surface area contributed by atoms with Gasteiger partial charge >= 0.3 is 0 Å². The molecular formula is C13H28N2. The molecule has 0 saturated carbocycles. The van der Waals surface area contributed by atoms with Crippen LogP contribution in [0.4, 0.5) is 0 Å². The highest BCUT2D eigenvalue weighted by atomic mass is 15.2. The van der Waals surface area contributed by atoms with Crippen molar-refractivity contribution in [2.75, 3.05) is 26.2 Å². The van der Waals surface area contributed by atoms with Crippen molar-refractivity contribution in [3.8, 4) is 0 Å². The highest BCUT2D eigenvalue weighted by Gasteiger charge is 2.21. The van der Waals surface area contributed by atoms with Gasteiger partial charge in [-0.1, -0.05) is 33.6 Å². The second kappa shape index (κ2) is 7.24. The summed E-state index contributed by atoms with van der Waals surface area (Å²) in [7, 11) is 0. The average Bonchev–Trinajstić information content (AvgIpc) is 2.47. The van der Waals surface area contributed by atoms with E-state index in [2.05, 4.69) is 31.0 Å². The van der Waals surface area contributed by atoms with Crippen LogP contribution in [0.15, 0.2) is 0 Å². The van der Waals surface area contributed by atoms with Crippen LogP contribution in [0.3, 0.4) is 0 Å². The van der Waals surface area contributed by atoms with Crippen LogP contribution in [0.25, 0.3) is 0 Å². The van der Waals surface area contributed by atoms with E-state index in [1.165, 1.54) is 38.8 Å². The van der Waals surface area contributed by atoms with Gasteiger partial charge in [0.25, 0.3) is 0 Å². The maximum absolute atomic E-state index is 3.51.